The average Bonchev–Trinajstić information content (AvgIpc) is 3.05. The van der Waals surface area contributed by atoms with E-state index in [2.05, 4.69) is 59.4 Å². The Kier molecular flexibility index (Phi) is 4.56. The zero-order valence-electron chi connectivity index (χ0n) is 15.0. The second-order valence-electron chi connectivity index (χ2n) is 7.03. The Morgan fingerprint density at radius 1 is 1.04 bits per heavy atom. The van der Waals surface area contributed by atoms with E-state index in [1.807, 2.05) is 30.5 Å². The summed E-state index contributed by atoms with van der Waals surface area (Å²) in [6, 6.07) is 19.0. The zero-order valence-corrected chi connectivity index (χ0v) is 15.8. The largest absolute Gasteiger partial charge is 0.351 e. The summed E-state index contributed by atoms with van der Waals surface area (Å²) >= 11 is 6.00. The fraction of sp³-hybridized carbons (Fsp3) is 0.227. The number of halogens is 1. The van der Waals surface area contributed by atoms with Crippen LogP contribution in [0.5, 0.6) is 0 Å². The average molecular weight is 364 g/mol. The molecule has 0 spiro atoms. The molecule has 0 aliphatic carbocycles. The van der Waals surface area contributed by atoms with Crippen LogP contribution in [0.3, 0.4) is 0 Å². The van der Waals surface area contributed by atoms with E-state index in [0.717, 1.165) is 40.9 Å². The highest BCUT2D eigenvalue weighted by Crippen LogP contribution is 2.34. The minimum atomic E-state index is 0.560. The fourth-order valence-corrected chi connectivity index (χ4v) is 3.38. The van der Waals surface area contributed by atoms with E-state index in [1.165, 1.54) is 11.1 Å². The Morgan fingerprint density at radius 3 is 2.46 bits per heavy atom. The predicted octanol–water partition coefficient (Wildman–Crippen LogP) is 5.92. The predicted molar refractivity (Wildman–Crippen MR) is 110 cm³/mol. The van der Waals surface area contributed by atoms with E-state index < -0.39 is 0 Å². The molecule has 1 aromatic heterocycles. The molecule has 132 valence electrons. The van der Waals surface area contributed by atoms with Crippen molar-refractivity contribution < 1.29 is 0 Å². The molecule has 0 radical (unpaired) electrons. The number of fused-ring (bicyclic) bond motifs is 1. The van der Waals surface area contributed by atoms with Crippen molar-refractivity contribution in [2.24, 2.45) is 0 Å². The summed E-state index contributed by atoms with van der Waals surface area (Å²) in [5.74, 6) is 1.51. The second-order valence-corrected chi connectivity index (χ2v) is 7.46. The number of pyridine rings is 1. The van der Waals surface area contributed by atoms with Gasteiger partial charge in [-0.2, -0.15) is 0 Å². The zero-order chi connectivity index (χ0) is 18.1. The highest BCUT2D eigenvalue weighted by atomic mass is 35.5. The van der Waals surface area contributed by atoms with Gasteiger partial charge in [-0.3, -0.25) is 0 Å². The van der Waals surface area contributed by atoms with Gasteiger partial charge in [0.25, 0.3) is 0 Å². The third-order valence-corrected chi connectivity index (χ3v) is 5.09. The maximum absolute atomic E-state index is 6.00. The number of nitrogens with zero attached hydrogens (tertiary/aromatic N) is 2. The van der Waals surface area contributed by atoms with Gasteiger partial charge in [-0.25, -0.2) is 4.98 Å². The van der Waals surface area contributed by atoms with E-state index in [0.29, 0.717) is 5.92 Å². The maximum Gasteiger partial charge on any atom is 0.151 e. The third-order valence-electron chi connectivity index (χ3n) is 4.84. The van der Waals surface area contributed by atoms with Crippen LogP contribution in [0, 0.1) is 0 Å². The molecule has 4 rings (SSSR count). The highest BCUT2D eigenvalue weighted by Gasteiger charge is 2.20. The fourth-order valence-electron chi connectivity index (χ4n) is 3.26. The minimum Gasteiger partial charge on any atom is -0.351 e. The Labute approximate surface area is 159 Å². The van der Waals surface area contributed by atoms with Crippen LogP contribution >= 0.6 is 11.6 Å². The highest BCUT2D eigenvalue weighted by molar-refractivity contribution is 6.30. The number of nitrogens with one attached hydrogen (secondary N) is 1. The summed E-state index contributed by atoms with van der Waals surface area (Å²) in [5.41, 5.74) is 6.05. The molecule has 0 atom stereocenters. The van der Waals surface area contributed by atoms with Gasteiger partial charge in [-0.15, -0.1) is 0 Å². The molecule has 3 aromatic rings. The van der Waals surface area contributed by atoms with E-state index >= 15 is 0 Å². The molecule has 0 bridgehead atoms. The molecule has 0 fully saturated rings. The Morgan fingerprint density at radius 2 is 1.77 bits per heavy atom. The van der Waals surface area contributed by atoms with E-state index in [4.69, 9.17) is 11.6 Å². The molecule has 4 heteroatoms. The van der Waals surface area contributed by atoms with Crippen molar-refractivity contribution in [1.82, 2.24) is 4.98 Å². The smallest absolute Gasteiger partial charge is 0.151 e. The number of hydrogen-bond acceptors (Lipinski definition) is 3. The first-order valence-corrected chi connectivity index (χ1v) is 9.31. The van der Waals surface area contributed by atoms with Crippen molar-refractivity contribution in [1.29, 1.82) is 0 Å². The summed E-state index contributed by atoms with van der Waals surface area (Å²) in [4.78, 5) is 6.93. The molecule has 1 N–H and O–H groups in total. The first-order valence-electron chi connectivity index (χ1n) is 8.94. The summed E-state index contributed by atoms with van der Waals surface area (Å²) in [5, 5.41) is 4.13. The van der Waals surface area contributed by atoms with Gasteiger partial charge in [0.15, 0.2) is 5.82 Å². The van der Waals surface area contributed by atoms with Crippen molar-refractivity contribution in [3.8, 4) is 11.1 Å². The van der Waals surface area contributed by atoms with Crippen LogP contribution in [-0.2, 0) is 6.54 Å². The van der Waals surface area contributed by atoms with Gasteiger partial charge in [0, 0.05) is 23.3 Å². The lowest BCUT2D eigenvalue weighted by Crippen LogP contribution is -2.22. The lowest BCUT2D eigenvalue weighted by molar-refractivity contribution is 0.852. The van der Waals surface area contributed by atoms with Gasteiger partial charge in [-0.05, 0) is 40.8 Å². The second kappa shape index (κ2) is 7.00. The van der Waals surface area contributed by atoms with Gasteiger partial charge in [0.1, 0.15) is 0 Å². The van der Waals surface area contributed by atoms with Crippen LogP contribution in [0.2, 0.25) is 5.02 Å². The quantitative estimate of drug-likeness (QED) is 0.624. The summed E-state index contributed by atoms with van der Waals surface area (Å²) < 4.78 is 0. The van der Waals surface area contributed by atoms with Gasteiger partial charge >= 0.3 is 0 Å². The van der Waals surface area contributed by atoms with E-state index in [9.17, 15) is 0 Å². The molecule has 0 unspecified atom stereocenters. The van der Waals surface area contributed by atoms with Gasteiger partial charge in [-0.1, -0.05) is 61.8 Å². The van der Waals surface area contributed by atoms with Crippen molar-refractivity contribution in [2.75, 3.05) is 16.9 Å². The first-order chi connectivity index (χ1) is 12.6. The summed E-state index contributed by atoms with van der Waals surface area (Å²) in [6.07, 6.45) is 1.91. The lowest BCUT2D eigenvalue weighted by atomic mass is 10.0. The number of rotatable bonds is 4. The van der Waals surface area contributed by atoms with Crippen LogP contribution in [0.25, 0.3) is 11.1 Å². The molecular formula is C22H22ClN3. The van der Waals surface area contributed by atoms with Crippen molar-refractivity contribution in [3.05, 3.63) is 76.9 Å². The van der Waals surface area contributed by atoms with Crippen LogP contribution < -0.4 is 10.2 Å². The van der Waals surface area contributed by atoms with Crippen molar-refractivity contribution >= 4 is 23.1 Å². The standard InChI is InChI=1S/C22H22ClN3/c1-15(2)17-5-3-16(4-6-17)13-26-14-25-22-21(26)11-19(12-24-22)18-7-9-20(23)10-8-18/h3-12,15H,13-14H2,1-2H3,(H,24,25). The third kappa shape index (κ3) is 3.40. The monoisotopic (exact) mass is 363 g/mol. The summed E-state index contributed by atoms with van der Waals surface area (Å²) in [6.45, 7) is 6.08. The van der Waals surface area contributed by atoms with Crippen molar-refractivity contribution in [2.45, 2.75) is 26.3 Å². The number of anilines is 2. The molecule has 26 heavy (non-hydrogen) atoms. The van der Waals surface area contributed by atoms with Crippen LogP contribution in [0.1, 0.15) is 30.9 Å². The van der Waals surface area contributed by atoms with Crippen LogP contribution in [0.4, 0.5) is 11.5 Å². The molecule has 0 amide bonds. The molecule has 0 saturated heterocycles. The van der Waals surface area contributed by atoms with Crippen LogP contribution in [0.15, 0.2) is 60.8 Å². The Hall–Kier alpha value is -2.52. The number of hydrogen-bond donors (Lipinski definition) is 1. The normalized spacial score (nSPS) is 13.0. The topological polar surface area (TPSA) is 28.2 Å². The molecule has 0 saturated carbocycles. The summed E-state index contributed by atoms with van der Waals surface area (Å²) in [7, 11) is 0. The molecule has 1 aliphatic rings. The molecule has 1 aliphatic heterocycles. The maximum atomic E-state index is 6.00. The minimum absolute atomic E-state index is 0.560. The lowest BCUT2D eigenvalue weighted by Gasteiger charge is -2.19. The Balaban J connectivity index is 1.58. The number of benzene rings is 2. The van der Waals surface area contributed by atoms with Crippen LogP contribution in [-0.4, -0.2) is 11.7 Å². The van der Waals surface area contributed by atoms with Gasteiger partial charge in [0.05, 0.1) is 12.4 Å². The molecular weight excluding hydrogens is 342 g/mol. The first kappa shape index (κ1) is 16.9. The van der Waals surface area contributed by atoms with Crippen molar-refractivity contribution in [3.63, 3.8) is 0 Å². The van der Waals surface area contributed by atoms with Gasteiger partial charge in [0.2, 0.25) is 0 Å². The number of aromatic nitrogens is 1. The molecule has 2 heterocycles. The molecule has 3 nitrogen and oxygen atoms in total. The SMILES string of the molecule is CC(C)c1ccc(CN2CNc3ncc(-c4ccc(Cl)cc4)cc32)cc1. The van der Waals surface area contributed by atoms with E-state index in [-0.39, 0.29) is 0 Å². The van der Waals surface area contributed by atoms with E-state index in [1.54, 1.807) is 0 Å². The van der Waals surface area contributed by atoms with Gasteiger partial charge < -0.3 is 10.2 Å². The molecule has 2 aromatic carbocycles. The Bertz CT molecular complexity index is 902.